The molecule has 1 aromatic heterocycles. The van der Waals surface area contributed by atoms with Crippen LogP contribution in [0.5, 0.6) is 0 Å². The van der Waals surface area contributed by atoms with Crippen LogP contribution >= 0.6 is 11.3 Å². The molecule has 1 aromatic carbocycles. The lowest BCUT2D eigenvalue weighted by atomic mass is 9.84. The molecule has 0 spiro atoms. The van der Waals surface area contributed by atoms with E-state index in [1.165, 1.54) is 11.3 Å². The second kappa shape index (κ2) is 9.23. The molecule has 0 bridgehead atoms. The summed E-state index contributed by atoms with van der Waals surface area (Å²) in [4.78, 5) is 18.3. The predicted molar refractivity (Wildman–Crippen MR) is 127 cm³/mol. The minimum atomic E-state index is -3.24. The number of nitrogens with one attached hydrogen (secondary N) is 1. The molecule has 0 unspecified atom stereocenters. The average molecular weight is 477 g/mol. The summed E-state index contributed by atoms with van der Waals surface area (Å²) in [5.41, 5.74) is 1.72. The normalized spacial score (nSPS) is 19.0. The number of hydrogen-bond donors (Lipinski definition) is 1. The lowest BCUT2D eigenvalue weighted by Gasteiger charge is -2.26. The molecular formula is C24H32N2O4S2. The molecule has 2 fully saturated rings. The van der Waals surface area contributed by atoms with Crippen molar-refractivity contribution >= 4 is 32.2 Å². The van der Waals surface area contributed by atoms with Crippen molar-refractivity contribution in [3.05, 3.63) is 40.9 Å². The SMILES string of the molecule is CC(C)(C)c1csc(NC(=O)[C@H](CC2CCOCC2)c2ccc(S(=O)(=O)C3CC3)cc2)n1. The Morgan fingerprint density at radius 2 is 1.81 bits per heavy atom. The van der Waals surface area contributed by atoms with Gasteiger partial charge < -0.3 is 10.1 Å². The fourth-order valence-corrected chi connectivity index (χ4v) is 6.64. The third-order valence-electron chi connectivity index (χ3n) is 6.30. The number of amides is 1. The van der Waals surface area contributed by atoms with E-state index in [0.717, 1.165) is 50.2 Å². The molecule has 1 saturated carbocycles. The van der Waals surface area contributed by atoms with Crippen LogP contribution in [0.1, 0.15) is 70.1 Å². The minimum Gasteiger partial charge on any atom is -0.381 e. The van der Waals surface area contributed by atoms with Crippen molar-refractivity contribution in [2.24, 2.45) is 5.92 Å². The zero-order valence-electron chi connectivity index (χ0n) is 19.0. The maximum atomic E-state index is 13.4. The first-order valence-corrected chi connectivity index (χ1v) is 13.8. The summed E-state index contributed by atoms with van der Waals surface area (Å²) in [6, 6.07) is 6.94. The first kappa shape index (κ1) is 23.4. The quantitative estimate of drug-likeness (QED) is 0.613. The number of carbonyl (C=O) groups is 1. The third kappa shape index (κ3) is 5.41. The van der Waals surface area contributed by atoms with Gasteiger partial charge in [0.25, 0.3) is 0 Å². The van der Waals surface area contributed by atoms with Crippen LogP contribution in [-0.2, 0) is 24.8 Å². The molecule has 2 heterocycles. The van der Waals surface area contributed by atoms with E-state index in [2.05, 4.69) is 31.1 Å². The van der Waals surface area contributed by atoms with E-state index in [9.17, 15) is 13.2 Å². The number of rotatable bonds is 7. The Morgan fingerprint density at radius 1 is 1.16 bits per heavy atom. The van der Waals surface area contributed by atoms with E-state index in [0.29, 0.717) is 22.4 Å². The van der Waals surface area contributed by atoms with Gasteiger partial charge >= 0.3 is 0 Å². The highest BCUT2D eigenvalue weighted by Crippen LogP contribution is 2.36. The van der Waals surface area contributed by atoms with E-state index in [1.54, 1.807) is 24.3 Å². The fraction of sp³-hybridized carbons (Fsp3) is 0.583. The Bertz CT molecular complexity index is 1040. The third-order valence-corrected chi connectivity index (χ3v) is 9.34. The molecule has 1 atom stereocenters. The Hall–Kier alpha value is -1.77. The van der Waals surface area contributed by atoms with Gasteiger partial charge in [-0.3, -0.25) is 4.79 Å². The molecule has 174 valence electrons. The zero-order chi connectivity index (χ0) is 22.9. The number of aromatic nitrogens is 1. The summed E-state index contributed by atoms with van der Waals surface area (Å²) in [6.07, 6.45) is 4.06. The second-order valence-electron chi connectivity index (χ2n) is 9.93. The van der Waals surface area contributed by atoms with Gasteiger partial charge in [-0.05, 0) is 55.7 Å². The summed E-state index contributed by atoms with van der Waals surface area (Å²) >= 11 is 1.44. The first-order chi connectivity index (χ1) is 15.1. The van der Waals surface area contributed by atoms with Crippen LogP contribution in [0.4, 0.5) is 5.13 Å². The topological polar surface area (TPSA) is 85.4 Å². The Kier molecular flexibility index (Phi) is 6.75. The average Bonchev–Trinajstić information content (AvgIpc) is 3.52. The van der Waals surface area contributed by atoms with Gasteiger partial charge in [0, 0.05) is 24.0 Å². The summed E-state index contributed by atoms with van der Waals surface area (Å²) in [5.74, 6) is -0.0577. The number of carbonyl (C=O) groups excluding carboxylic acids is 1. The zero-order valence-corrected chi connectivity index (χ0v) is 20.6. The Morgan fingerprint density at radius 3 is 2.38 bits per heavy atom. The van der Waals surface area contributed by atoms with Gasteiger partial charge in [0.15, 0.2) is 15.0 Å². The largest absolute Gasteiger partial charge is 0.381 e. The van der Waals surface area contributed by atoms with Gasteiger partial charge in [0.05, 0.1) is 21.8 Å². The second-order valence-corrected chi connectivity index (χ2v) is 13.0. The van der Waals surface area contributed by atoms with Crippen LogP contribution in [0.25, 0.3) is 0 Å². The van der Waals surface area contributed by atoms with Crippen molar-refractivity contribution in [3.63, 3.8) is 0 Å². The van der Waals surface area contributed by atoms with Gasteiger partial charge in [-0.2, -0.15) is 0 Å². The van der Waals surface area contributed by atoms with Gasteiger partial charge in [-0.15, -0.1) is 11.3 Å². The minimum absolute atomic E-state index is 0.0795. The molecular weight excluding hydrogens is 444 g/mol. The van der Waals surface area contributed by atoms with Gasteiger partial charge in [-0.25, -0.2) is 13.4 Å². The molecule has 1 aliphatic heterocycles. The molecule has 1 aliphatic carbocycles. The molecule has 1 amide bonds. The molecule has 1 N–H and O–H groups in total. The van der Waals surface area contributed by atoms with Gasteiger partial charge in [-0.1, -0.05) is 32.9 Å². The van der Waals surface area contributed by atoms with E-state index >= 15 is 0 Å². The number of hydrogen-bond acceptors (Lipinski definition) is 6. The predicted octanol–water partition coefficient (Wildman–Crippen LogP) is 4.92. The fourth-order valence-electron chi connectivity index (χ4n) is 4.04. The number of anilines is 1. The molecule has 4 rings (SSSR count). The van der Waals surface area contributed by atoms with E-state index in [4.69, 9.17) is 4.74 Å². The highest BCUT2D eigenvalue weighted by Gasteiger charge is 2.37. The number of sulfone groups is 1. The molecule has 2 aromatic rings. The van der Waals surface area contributed by atoms with Crippen LogP contribution in [0.2, 0.25) is 0 Å². The van der Waals surface area contributed by atoms with Gasteiger partial charge in [0.2, 0.25) is 5.91 Å². The molecule has 2 aliphatic rings. The number of thiazole rings is 1. The number of benzene rings is 1. The number of ether oxygens (including phenoxy) is 1. The van der Waals surface area contributed by atoms with Crippen LogP contribution in [-0.4, -0.2) is 37.8 Å². The monoisotopic (exact) mass is 476 g/mol. The van der Waals surface area contributed by atoms with E-state index in [-0.39, 0.29) is 22.5 Å². The standard InChI is InChI=1S/C24H32N2O4S2/c1-24(2,3)21-15-31-23(25-21)26-22(27)20(14-16-10-12-30-13-11-16)17-4-6-18(7-5-17)32(28,29)19-8-9-19/h4-7,15-16,19-20H,8-14H2,1-3H3,(H,25,26,27)/t20-/m1/s1. The Balaban J connectivity index is 1.55. The van der Waals surface area contributed by atoms with E-state index in [1.807, 2.05) is 5.38 Å². The summed E-state index contributed by atoms with van der Waals surface area (Å²) < 4.78 is 30.6. The molecule has 0 radical (unpaired) electrons. The molecule has 1 saturated heterocycles. The smallest absolute Gasteiger partial charge is 0.233 e. The lowest BCUT2D eigenvalue weighted by Crippen LogP contribution is -2.26. The van der Waals surface area contributed by atoms with E-state index < -0.39 is 9.84 Å². The maximum Gasteiger partial charge on any atom is 0.233 e. The highest BCUT2D eigenvalue weighted by atomic mass is 32.2. The number of nitrogens with zero attached hydrogens (tertiary/aromatic N) is 1. The van der Waals surface area contributed by atoms with Crippen LogP contribution < -0.4 is 5.32 Å². The molecule has 6 nitrogen and oxygen atoms in total. The molecule has 8 heteroatoms. The van der Waals surface area contributed by atoms with Crippen LogP contribution in [0.15, 0.2) is 34.5 Å². The molecule has 32 heavy (non-hydrogen) atoms. The summed E-state index contributed by atoms with van der Waals surface area (Å²) in [6.45, 7) is 7.73. The highest BCUT2D eigenvalue weighted by molar-refractivity contribution is 7.92. The lowest BCUT2D eigenvalue weighted by molar-refractivity contribution is -0.118. The Labute approximate surface area is 194 Å². The van der Waals surface area contributed by atoms with Crippen molar-refractivity contribution in [3.8, 4) is 0 Å². The summed E-state index contributed by atoms with van der Waals surface area (Å²) in [7, 11) is -3.24. The van der Waals surface area contributed by atoms with Crippen molar-refractivity contribution in [1.82, 2.24) is 4.98 Å². The van der Waals surface area contributed by atoms with Crippen LogP contribution in [0.3, 0.4) is 0 Å². The van der Waals surface area contributed by atoms with Crippen molar-refractivity contribution < 1.29 is 17.9 Å². The maximum absolute atomic E-state index is 13.4. The van der Waals surface area contributed by atoms with Crippen LogP contribution in [0, 0.1) is 5.92 Å². The summed E-state index contributed by atoms with van der Waals surface area (Å²) in [5, 5.41) is 5.36. The van der Waals surface area contributed by atoms with Crippen molar-refractivity contribution in [2.75, 3.05) is 18.5 Å². The first-order valence-electron chi connectivity index (χ1n) is 11.3. The van der Waals surface area contributed by atoms with Crippen molar-refractivity contribution in [1.29, 1.82) is 0 Å². The van der Waals surface area contributed by atoms with Gasteiger partial charge in [0.1, 0.15) is 0 Å². The van der Waals surface area contributed by atoms with Crippen molar-refractivity contribution in [2.45, 2.75) is 74.4 Å².